The number of H-pyrrole nitrogens is 1. The van der Waals surface area contributed by atoms with E-state index in [1.165, 1.54) is 0 Å². The number of Topliss-reactive ketones (excluding diaryl/α,β-unsaturated/α-hetero) is 1. The van der Waals surface area contributed by atoms with E-state index in [4.69, 9.17) is 4.98 Å². The van der Waals surface area contributed by atoms with E-state index >= 15 is 0 Å². The second-order valence-corrected chi connectivity index (χ2v) is 9.48. The van der Waals surface area contributed by atoms with Crippen LogP contribution in [0.1, 0.15) is 68.8 Å². The van der Waals surface area contributed by atoms with Crippen molar-refractivity contribution in [2.45, 2.75) is 65.8 Å². The van der Waals surface area contributed by atoms with Gasteiger partial charge in [-0.15, -0.1) is 13.2 Å². The Bertz CT molecular complexity index is 1140. The van der Waals surface area contributed by atoms with Crippen LogP contribution in [0.5, 0.6) is 0 Å². The Balaban J connectivity index is 1.83. The van der Waals surface area contributed by atoms with E-state index in [1.54, 1.807) is 0 Å². The molecule has 0 saturated carbocycles. The minimum absolute atomic E-state index is 0.139. The highest BCUT2D eigenvalue weighted by Crippen LogP contribution is 2.31. The largest absolute Gasteiger partial charge is 0.351 e. The number of allylic oxidation sites excluding steroid dienone is 2. The molecule has 0 bridgehead atoms. The van der Waals surface area contributed by atoms with Crippen LogP contribution < -0.4 is 5.32 Å². The number of nitrogens with one attached hydrogen (secondary N) is 2. The topological polar surface area (TPSA) is 70.7 Å². The summed E-state index contributed by atoms with van der Waals surface area (Å²) in [6.45, 7) is 15.9. The molecule has 3 rings (SSSR count). The smallest absolute Gasteiger partial charge is 0.224 e. The van der Waals surface area contributed by atoms with Crippen molar-refractivity contribution in [3.8, 4) is 11.1 Å². The fourth-order valence-corrected chi connectivity index (χ4v) is 4.08. The number of carbonyl (C=O) groups is 1. The maximum atomic E-state index is 12.8. The molecule has 1 atom stereocenters. The SMILES string of the molecule is C=CCCC(CCC)Nc1ncc2c(-c3ccc(C(=O)CC(C)(C)C=C)c(C)c3)c[nH]c2n1. The molecule has 0 fully saturated rings. The van der Waals surface area contributed by atoms with Crippen LogP contribution in [0.25, 0.3) is 22.2 Å². The maximum absolute atomic E-state index is 12.8. The van der Waals surface area contributed by atoms with E-state index in [-0.39, 0.29) is 11.2 Å². The van der Waals surface area contributed by atoms with Crippen molar-refractivity contribution in [3.63, 3.8) is 0 Å². The average molecular weight is 445 g/mol. The summed E-state index contributed by atoms with van der Waals surface area (Å²) in [4.78, 5) is 25.4. The van der Waals surface area contributed by atoms with E-state index < -0.39 is 0 Å². The van der Waals surface area contributed by atoms with Crippen molar-refractivity contribution < 1.29 is 4.79 Å². The summed E-state index contributed by atoms with van der Waals surface area (Å²) in [6.07, 6.45) is 12.2. The predicted octanol–water partition coefficient (Wildman–Crippen LogP) is 7.27. The van der Waals surface area contributed by atoms with Crippen LogP contribution in [0, 0.1) is 12.3 Å². The summed E-state index contributed by atoms with van der Waals surface area (Å²) < 4.78 is 0. The van der Waals surface area contributed by atoms with Crippen LogP contribution in [-0.2, 0) is 0 Å². The number of carbonyl (C=O) groups excluding carboxylic acids is 1. The van der Waals surface area contributed by atoms with Gasteiger partial charge in [-0.25, -0.2) is 4.98 Å². The third-order valence-electron chi connectivity index (χ3n) is 6.13. The third kappa shape index (κ3) is 5.98. The number of ketones is 1. The van der Waals surface area contributed by atoms with Gasteiger partial charge < -0.3 is 10.3 Å². The van der Waals surface area contributed by atoms with E-state index in [0.717, 1.165) is 59.0 Å². The summed E-state index contributed by atoms with van der Waals surface area (Å²) in [7, 11) is 0. The van der Waals surface area contributed by atoms with Crippen molar-refractivity contribution >= 4 is 22.8 Å². The Morgan fingerprint density at radius 2 is 2.06 bits per heavy atom. The minimum atomic E-state index is -0.218. The van der Waals surface area contributed by atoms with Crippen LogP contribution in [0.4, 0.5) is 5.95 Å². The van der Waals surface area contributed by atoms with Gasteiger partial charge in [0.25, 0.3) is 0 Å². The Kier molecular flexibility index (Phi) is 7.85. The summed E-state index contributed by atoms with van der Waals surface area (Å²) >= 11 is 0. The molecule has 0 aliphatic carbocycles. The minimum Gasteiger partial charge on any atom is -0.351 e. The molecule has 0 spiro atoms. The first kappa shape index (κ1) is 24.4. The molecule has 5 nitrogen and oxygen atoms in total. The maximum Gasteiger partial charge on any atom is 0.224 e. The zero-order chi connectivity index (χ0) is 24.0. The highest BCUT2D eigenvalue weighted by atomic mass is 16.1. The Labute approximate surface area is 197 Å². The van der Waals surface area contributed by atoms with Crippen molar-refractivity contribution in [2.75, 3.05) is 5.32 Å². The molecule has 0 aliphatic rings. The Morgan fingerprint density at radius 3 is 2.73 bits per heavy atom. The highest BCUT2D eigenvalue weighted by Gasteiger charge is 2.21. The number of fused-ring (bicyclic) bond motifs is 1. The zero-order valence-electron chi connectivity index (χ0n) is 20.4. The first-order valence-corrected chi connectivity index (χ1v) is 11.8. The summed E-state index contributed by atoms with van der Waals surface area (Å²) in [5.74, 6) is 0.778. The van der Waals surface area contributed by atoms with Crippen LogP contribution in [-0.4, -0.2) is 26.8 Å². The molecule has 2 heterocycles. The van der Waals surface area contributed by atoms with Gasteiger partial charge in [-0.3, -0.25) is 4.79 Å². The Morgan fingerprint density at radius 1 is 1.27 bits per heavy atom. The average Bonchev–Trinajstić information content (AvgIpc) is 3.20. The van der Waals surface area contributed by atoms with Crippen LogP contribution in [0.15, 0.2) is 55.9 Å². The molecular weight excluding hydrogens is 408 g/mol. The molecule has 33 heavy (non-hydrogen) atoms. The van der Waals surface area contributed by atoms with E-state index in [2.05, 4.69) is 41.4 Å². The molecule has 3 aromatic rings. The van der Waals surface area contributed by atoms with Crippen LogP contribution in [0.2, 0.25) is 0 Å². The number of aromatic amines is 1. The zero-order valence-corrected chi connectivity index (χ0v) is 20.4. The van der Waals surface area contributed by atoms with Gasteiger partial charge in [0.15, 0.2) is 5.78 Å². The van der Waals surface area contributed by atoms with Gasteiger partial charge in [-0.05, 0) is 42.7 Å². The quantitative estimate of drug-likeness (QED) is 0.228. The van der Waals surface area contributed by atoms with Crippen molar-refractivity contribution in [3.05, 3.63) is 67.0 Å². The van der Waals surface area contributed by atoms with E-state index in [1.807, 2.05) is 57.4 Å². The number of rotatable bonds is 12. The van der Waals surface area contributed by atoms with E-state index in [0.29, 0.717) is 18.4 Å². The number of hydrogen-bond acceptors (Lipinski definition) is 4. The van der Waals surface area contributed by atoms with Crippen LogP contribution >= 0.6 is 0 Å². The number of hydrogen-bond donors (Lipinski definition) is 2. The molecule has 0 radical (unpaired) electrons. The standard InChI is InChI=1S/C28H36N4O/c1-7-10-12-21(11-8-2)31-27-30-18-24-23(17-29-26(24)32-27)20-13-14-22(19(4)15-20)25(33)16-28(5,6)9-3/h7,9,13-15,17-18,21H,1,3,8,10-12,16H2,2,4-6H3,(H2,29,30,31,32). The van der Waals surface area contributed by atoms with Crippen LogP contribution in [0.3, 0.4) is 0 Å². The molecule has 2 N–H and O–H groups in total. The number of aryl methyl sites for hydroxylation is 1. The monoisotopic (exact) mass is 444 g/mol. The molecule has 5 heteroatoms. The second-order valence-electron chi connectivity index (χ2n) is 9.48. The molecule has 0 amide bonds. The van der Waals surface area contributed by atoms with Gasteiger partial charge in [-0.2, -0.15) is 4.98 Å². The first-order chi connectivity index (χ1) is 15.8. The molecule has 0 saturated heterocycles. The lowest BCUT2D eigenvalue weighted by Crippen LogP contribution is -2.20. The van der Waals surface area contributed by atoms with Gasteiger partial charge in [-0.1, -0.05) is 57.5 Å². The molecular formula is C28H36N4O. The summed E-state index contributed by atoms with van der Waals surface area (Å²) in [5.41, 5.74) is 4.38. The third-order valence-corrected chi connectivity index (χ3v) is 6.13. The first-order valence-electron chi connectivity index (χ1n) is 11.8. The van der Waals surface area contributed by atoms with Crippen molar-refractivity contribution in [1.29, 1.82) is 0 Å². The number of anilines is 1. The lowest BCUT2D eigenvalue weighted by atomic mass is 9.84. The van der Waals surface area contributed by atoms with E-state index in [9.17, 15) is 4.79 Å². The number of benzene rings is 1. The molecule has 1 unspecified atom stereocenters. The summed E-state index contributed by atoms with van der Waals surface area (Å²) in [5, 5.41) is 4.44. The van der Waals surface area contributed by atoms with Gasteiger partial charge >= 0.3 is 0 Å². The Hall–Kier alpha value is -3.21. The van der Waals surface area contributed by atoms with Gasteiger partial charge in [0.2, 0.25) is 5.95 Å². The fraction of sp³-hybridized carbons (Fsp3) is 0.393. The number of nitrogens with zero attached hydrogens (tertiary/aromatic N) is 2. The lowest BCUT2D eigenvalue weighted by Gasteiger charge is -2.19. The van der Waals surface area contributed by atoms with Gasteiger partial charge in [0, 0.05) is 41.4 Å². The van der Waals surface area contributed by atoms with Gasteiger partial charge in [0.05, 0.1) is 0 Å². The van der Waals surface area contributed by atoms with Crippen molar-refractivity contribution in [1.82, 2.24) is 15.0 Å². The summed E-state index contributed by atoms with van der Waals surface area (Å²) in [6, 6.07) is 6.33. The fourth-order valence-electron chi connectivity index (χ4n) is 4.08. The lowest BCUT2D eigenvalue weighted by molar-refractivity contribution is 0.0949. The molecule has 2 aromatic heterocycles. The van der Waals surface area contributed by atoms with Crippen molar-refractivity contribution in [2.24, 2.45) is 5.41 Å². The predicted molar refractivity (Wildman–Crippen MR) is 139 cm³/mol. The second kappa shape index (κ2) is 10.6. The van der Waals surface area contributed by atoms with Gasteiger partial charge in [0.1, 0.15) is 5.65 Å². The molecule has 1 aromatic carbocycles. The molecule has 0 aliphatic heterocycles. The molecule has 174 valence electrons. The highest BCUT2D eigenvalue weighted by molar-refractivity contribution is 5.99. The number of aromatic nitrogens is 3. The normalized spacial score (nSPS) is 12.5.